The van der Waals surface area contributed by atoms with Gasteiger partial charge in [-0.05, 0) is 31.2 Å². The van der Waals surface area contributed by atoms with Gasteiger partial charge >= 0.3 is 0 Å². The highest BCUT2D eigenvalue weighted by Gasteiger charge is 2.18. The molecular weight excluding hydrogens is 390 g/mol. The third-order valence-corrected chi connectivity index (χ3v) is 5.34. The van der Waals surface area contributed by atoms with Crippen LogP contribution in [0, 0.1) is 0 Å². The number of carbonyl (C=O) groups excluding carboxylic acids is 1. The number of aromatic nitrogens is 2. The number of hydrogen-bond donors (Lipinski definition) is 1. The fraction of sp³-hybridized carbons (Fsp3) is 0.143. The molecule has 0 fully saturated rings. The molecule has 3 heterocycles. The summed E-state index contributed by atoms with van der Waals surface area (Å²) in [7, 11) is 0. The van der Waals surface area contributed by atoms with Crippen LogP contribution in [0.15, 0.2) is 60.2 Å². The van der Waals surface area contributed by atoms with E-state index >= 15 is 0 Å². The Balaban J connectivity index is 1.23. The van der Waals surface area contributed by atoms with Crippen molar-refractivity contribution in [3.05, 3.63) is 60.2 Å². The number of benzene rings is 2. The molecule has 0 saturated carbocycles. The summed E-state index contributed by atoms with van der Waals surface area (Å²) >= 11 is 1.59. The molecule has 8 heteroatoms. The van der Waals surface area contributed by atoms with E-state index in [1.807, 2.05) is 46.4 Å². The SMILES string of the molecule is C[C@H](Oc1ccc2c(c1)OCO2)C(=O)Nc1ccc(-c2cn3ccsc3n2)cc1. The first-order valence-electron chi connectivity index (χ1n) is 9.05. The molecular formula is C21H17N3O4S. The molecule has 146 valence electrons. The Labute approximate surface area is 170 Å². The molecule has 1 amide bonds. The molecule has 1 atom stereocenters. The zero-order valence-electron chi connectivity index (χ0n) is 15.5. The van der Waals surface area contributed by atoms with Crippen LogP contribution in [0.2, 0.25) is 0 Å². The molecule has 1 N–H and O–H groups in total. The van der Waals surface area contributed by atoms with Crippen molar-refractivity contribution in [2.45, 2.75) is 13.0 Å². The molecule has 0 unspecified atom stereocenters. The van der Waals surface area contributed by atoms with Gasteiger partial charge in [-0.15, -0.1) is 11.3 Å². The first-order chi connectivity index (χ1) is 14.2. The molecule has 0 saturated heterocycles. The van der Waals surface area contributed by atoms with Gasteiger partial charge in [-0.25, -0.2) is 4.98 Å². The van der Waals surface area contributed by atoms with Crippen molar-refractivity contribution in [1.82, 2.24) is 9.38 Å². The largest absolute Gasteiger partial charge is 0.481 e. The van der Waals surface area contributed by atoms with E-state index in [2.05, 4.69) is 10.3 Å². The zero-order valence-corrected chi connectivity index (χ0v) is 16.3. The average Bonchev–Trinajstić information content (AvgIpc) is 3.44. The van der Waals surface area contributed by atoms with Crippen molar-refractivity contribution in [3.63, 3.8) is 0 Å². The smallest absolute Gasteiger partial charge is 0.265 e. The number of thiazole rings is 1. The first-order valence-corrected chi connectivity index (χ1v) is 9.93. The maximum absolute atomic E-state index is 12.5. The van der Waals surface area contributed by atoms with E-state index < -0.39 is 6.10 Å². The van der Waals surface area contributed by atoms with E-state index in [-0.39, 0.29) is 12.7 Å². The average molecular weight is 407 g/mol. The highest BCUT2D eigenvalue weighted by molar-refractivity contribution is 7.15. The number of nitrogens with one attached hydrogen (secondary N) is 1. The minimum atomic E-state index is -0.671. The number of fused-ring (bicyclic) bond motifs is 2. The van der Waals surface area contributed by atoms with Crippen LogP contribution in [0.3, 0.4) is 0 Å². The lowest BCUT2D eigenvalue weighted by atomic mass is 10.1. The van der Waals surface area contributed by atoms with Crippen molar-refractivity contribution in [1.29, 1.82) is 0 Å². The molecule has 1 aliphatic rings. The van der Waals surface area contributed by atoms with Crippen LogP contribution in [-0.2, 0) is 4.79 Å². The van der Waals surface area contributed by atoms with E-state index in [4.69, 9.17) is 14.2 Å². The van der Waals surface area contributed by atoms with E-state index in [1.54, 1.807) is 36.5 Å². The predicted molar refractivity (Wildman–Crippen MR) is 110 cm³/mol. The summed E-state index contributed by atoms with van der Waals surface area (Å²) in [5.41, 5.74) is 2.58. The number of rotatable bonds is 5. The molecule has 0 aliphatic carbocycles. The Kier molecular flexibility index (Phi) is 4.33. The van der Waals surface area contributed by atoms with Gasteiger partial charge in [0.15, 0.2) is 22.6 Å². The number of carbonyl (C=O) groups is 1. The summed E-state index contributed by atoms with van der Waals surface area (Å²) in [5, 5.41) is 4.87. The van der Waals surface area contributed by atoms with Gasteiger partial charge < -0.3 is 19.5 Å². The normalized spacial score (nSPS) is 13.4. The Morgan fingerprint density at radius 2 is 2.03 bits per heavy atom. The van der Waals surface area contributed by atoms with Crippen molar-refractivity contribution < 1.29 is 19.0 Å². The maximum atomic E-state index is 12.5. The Hall–Kier alpha value is -3.52. The Morgan fingerprint density at radius 3 is 2.86 bits per heavy atom. The first kappa shape index (κ1) is 17.6. The summed E-state index contributed by atoms with van der Waals surface area (Å²) in [4.78, 5) is 18.0. The lowest BCUT2D eigenvalue weighted by Crippen LogP contribution is -2.30. The van der Waals surface area contributed by atoms with Gasteiger partial charge in [-0.2, -0.15) is 0 Å². The van der Waals surface area contributed by atoms with Gasteiger partial charge in [-0.3, -0.25) is 9.20 Å². The molecule has 7 nitrogen and oxygen atoms in total. The topological polar surface area (TPSA) is 74.1 Å². The highest BCUT2D eigenvalue weighted by Crippen LogP contribution is 2.35. The van der Waals surface area contributed by atoms with Gasteiger partial charge in [-0.1, -0.05) is 12.1 Å². The van der Waals surface area contributed by atoms with Crippen LogP contribution in [0.5, 0.6) is 17.2 Å². The highest BCUT2D eigenvalue weighted by atomic mass is 32.1. The van der Waals surface area contributed by atoms with Crippen molar-refractivity contribution in [3.8, 4) is 28.5 Å². The van der Waals surface area contributed by atoms with Crippen LogP contribution in [0.1, 0.15) is 6.92 Å². The number of ether oxygens (including phenoxy) is 3. The fourth-order valence-electron chi connectivity index (χ4n) is 3.04. The molecule has 29 heavy (non-hydrogen) atoms. The summed E-state index contributed by atoms with van der Waals surface area (Å²) in [5.74, 6) is 1.60. The summed E-state index contributed by atoms with van der Waals surface area (Å²) in [6.45, 7) is 1.90. The van der Waals surface area contributed by atoms with Gasteiger partial charge in [0.1, 0.15) is 5.75 Å². The Bertz CT molecular complexity index is 1150. The van der Waals surface area contributed by atoms with Crippen LogP contribution < -0.4 is 19.5 Å². The standard InChI is InChI=1S/C21H17N3O4S/c1-13(28-16-6-7-18-19(10-16)27-12-26-18)20(25)22-15-4-2-14(3-5-15)17-11-24-8-9-29-21(24)23-17/h2-11,13H,12H2,1H3,(H,22,25)/t13-/m0/s1. The lowest BCUT2D eigenvalue weighted by molar-refractivity contribution is -0.122. The van der Waals surface area contributed by atoms with E-state index in [9.17, 15) is 4.79 Å². The predicted octanol–water partition coefficient (Wildman–Crippen LogP) is 4.20. The van der Waals surface area contributed by atoms with Crippen LogP contribution in [-0.4, -0.2) is 28.2 Å². The molecule has 0 radical (unpaired) electrons. The molecule has 1 aliphatic heterocycles. The van der Waals surface area contributed by atoms with Gasteiger partial charge in [0.2, 0.25) is 6.79 Å². The number of nitrogens with zero attached hydrogens (tertiary/aromatic N) is 2. The van der Waals surface area contributed by atoms with Crippen molar-refractivity contribution >= 4 is 27.9 Å². The molecule has 4 aromatic rings. The van der Waals surface area contributed by atoms with Crippen molar-refractivity contribution in [2.24, 2.45) is 0 Å². The lowest BCUT2D eigenvalue weighted by Gasteiger charge is -2.15. The minimum Gasteiger partial charge on any atom is -0.481 e. The summed E-state index contributed by atoms with van der Waals surface area (Å²) in [6.07, 6.45) is 3.29. The second kappa shape index (κ2) is 7.14. The van der Waals surface area contributed by atoms with Crippen molar-refractivity contribution in [2.75, 3.05) is 12.1 Å². The minimum absolute atomic E-state index is 0.196. The molecule has 0 spiro atoms. The van der Waals surface area contributed by atoms with Gasteiger partial charge in [0, 0.05) is 35.1 Å². The number of anilines is 1. The third kappa shape index (κ3) is 3.50. The van der Waals surface area contributed by atoms with Gasteiger partial charge in [0.25, 0.3) is 5.91 Å². The number of amides is 1. The third-order valence-electron chi connectivity index (χ3n) is 4.57. The monoisotopic (exact) mass is 407 g/mol. The molecule has 2 aromatic heterocycles. The Morgan fingerprint density at radius 1 is 1.21 bits per heavy atom. The molecule has 0 bridgehead atoms. The maximum Gasteiger partial charge on any atom is 0.265 e. The van der Waals surface area contributed by atoms with E-state index in [1.165, 1.54) is 0 Å². The molecule has 2 aromatic carbocycles. The summed E-state index contributed by atoms with van der Waals surface area (Å²) in [6, 6.07) is 12.8. The van der Waals surface area contributed by atoms with E-state index in [0.717, 1.165) is 16.2 Å². The summed E-state index contributed by atoms with van der Waals surface area (Å²) < 4.78 is 18.3. The van der Waals surface area contributed by atoms with Crippen LogP contribution in [0.25, 0.3) is 16.2 Å². The van der Waals surface area contributed by atoms with Crippen LogP contribution >= 0.6 is 11.3 Å². The second-order valence-electron chi connectivity index (χ2n) is 6.56. The second-order valence-corrected chi connectivity index (χ2v) is 7.43. The van der Waals surface area contributed by atoms with Crippen LogP contribution in [0.4, 0.5) is 5.69 Å². The van der Waals surface area contributed by atoms with Gasteiger partial charge in [0.05, 0.1) is 5.69 Å². The number of hydrogen-bond acceptors (Lipinski definition) is 6. The van der Waals surface area contributed by atoms with E-state index in [0.29, 0.717) is 22.9 Å². The zero-order chi connectivity index (χ0) is 19.8. The fourth-order valence-corrected chi connectivity index (χ4v) is 3.74. The quantitative estimate of drug-likeness (QED) is 0.537. The molecule has 5 rings (SSSR count). The number of imidazole rings is 1.